The maximum atomic E-state index is 12.4. The molecule has 0 aromatic heterocycles. The fraction of sp³-hybridized carbons (Fsp3) is 0.387. The van der Waals surface area contributed by atoms with Crippen LogP contribution in [-0.2, 0) is 23.9 Å². The third kappa shape index (κ3) is 15.4. The fourth-order valence-electron chi connectivity index (χ4n) is 3.39. The fourth-order valence-corrected chi connectivity index (χ4v) is 3.39. The Morgan fingerprint density at radius 3 is 1.34 bits per heavy atom. The molecule has 0 saturated heterocycles. The average molecular weight is 661 g/mol. The van der Waals surface area contributed by atoms with Crippen LogP contribution in [0.15, 0.2) is 36.4 Å². The SMILES string of the molecule is CC(=O)Oc1cccc(C(=O)NCCN)c1OC(C)=O.CC(=O)Oc1cccc(C(=O)NCCNC(=O)OC(C)(C)C)c1OC(C)=O. The van der Waals surface area contributed by atoms with Crippen LogP contribution in [0.25, 0.3) is 0 Å². The van der Waals surface area contributed by atoms with Crippen LogP contribution in [0.4, 0.5) is 4.79 Å². The third-order valence-corrected chi connectivity index (χ3v) is 4.95. The lowest BCUT2D eigenvalue weighted by Crippen LogP contribution is -2.38. The van der Waals surface area contributed by atoms with E-state index in [1.54, 1.807) is 20.8 Å². The summed E-state index contributed by atoms with van der Waals surface area (Å²) in [5.74, 6) is -3.83. The highest BCUT2D eigenvalue weighted by molar-refractivity contribution is 5.99. The summed E-state index contributed by atoms with van der Waals surface area (Å²) in [5, 5.41) is 7.62. The van der Waals surface area contributed by atoms with E-state index in [0.717, 1.165) is 6.92 Å². The van der Waals surface area contributed by atoms with Crippen LogP contribution in [0.3, 0.4) is 0 Å². The summed E-state index contributed by atoms with van der Waals surface area (Å²) in [6.45, 7) is 10.7. The summed E-state index contributed by atoms with van der Waals surface area (Å²) in [6.07, 6.45) is -0.603. The van der Waals surface area contributed by atoms with Crippen LogP contribution in [0.5, 0.6) is 23.0 Å². The lowest BCUT2D eigenvalue weighted by Gasteiger charge is -2.19. The van der Waals surface area contributed by atoms with E-state index in [4.69, 9.17) is 29.4 Å². The molecule has 0 spiro atoms. The molecule has 47 heavy (non-hydrogen) atoms. The zero-order chi connectivity index (χ0) is 35.7. The second-order valence-corrected chi connectivity index (χ2v) is 10.4. The van der Waals surface area contributed by atoms with Crippen molar-refractivity contribution in [3.63, 3.8) is 0 Å². The molecule has 2 aromatic rings. The molecule has 5 N–H and O–H groups in total. The van der Waals surface area contributed by atoms with Gasteiger partial charge in [-0.05, 0) is 45.0 Å². The van der Waals surface area contributed by atoms with Gasteiger partial charge in [0.1, 0.15) is 5.60 Å². The number of rotatable bonds is 11. The summed E-state index contributed by atoms with van der Waals surface area (Å²) in [5.41, 5.74) is 4.78. The number of carbonyl (C=O) groups is 7. The van der Waals surface area contributed by atoms with Gasteiger partial charge in [0.15, 0.2) is 23.0 Å². The highest BCUT2D eigenvalue weighted by atomic mass is 16.6. The number of hydrogen-bond donors (Lipinski definition) is 4. The average Bonchev–Trinajstić information content (AvgIpc) is 2.94. The molecule has 0 aliphatic rings. The molecular formula is C31H40N4O12. The Morgan fingerprint density at radius 2 is 0.979 bits per heavy atom. The Labute approximate surface area is 271 Å². The second-order valence-electron chi connectivity index (χ2n) is 10.4. The number of para-hydroxylation sites is 2. The van der Waals surface area contributed by atoms with E-state index in [9.17, 15) is 33.6 Å². The van der Waals surface area contributed by atoms with Crippen molar-refractivity contribution >= 4 is 41.8 Å². The van der Waals surface area contributed by atoms with Gasteiger partial charge in [0.05, 0.1) is 11.1 Å². The minimum atomic E-state index is -0.671. The van der Waals surface area contributed by atoms with E-state index in [0.29, 0.717) is 0 Å². The molecule has 2 aromatic carbocycles. The maximum Gasteiger partial charge on any atom is 0.407 e. The number of carbonyl (C=O) groups excluding carboxylic acids is 7. The van der Waals surface area contributed by atoms with Crippen LogP contribution in [0, 0.1) is 0 Å². The molecule has 256 valence electrons. The van der Waals surface area contributed by atoms with E-state index < -0.39 is 47.4 Å². The monoisotopic (exact) mass is 660 g/mol. The Kier molecular flexibility index (Phi) is 16.1. The number of hydrogen-bond acceptors (Lipinski definition) is 13. The van der Waals surface area contributed by atoms with Crippen molar-refractivity contribution in [1.29, 1.82) is 0 Å². The summed E-state index contributed by atoms with van der Waals surface area (Å²) in [6, 6.07) is 8.71. The number of esters is 4. The lowest BCUT2D eigenvalue weighted by molar-refractivity contribution is -0.134. The van der Waals surface area contributed by atoms with Gasteiger partial charge in [-0.2, -0.15) is 0 Å². The molecule has 0 aliphatic carbocycles. The van der Waals surface area contributed by atoms with Crippen LogP contribution in [0.1, 0.15) is 69.2 Å². The van der Waals surface area contributed by atoms with Crippen molar-refractivity contribution in [3.8, 4) is 23.0 Å². The minimum Gasteiger partial charge on any atom is -0.444 e. The largest absolute Gasteiger partial charge is 0.444 e. The molecule has 16 nitrogen and oxygen atoms in total. The number of alkyl carbamates (subject to hydrolysis) is 1. The zero-order valence-corrected chi connectivity index (χ0v) is 27.3. The van der Waals surface area contributed by atoms with E-state index >= 15 is 0 Å². The highest BCUT2D eigenvalue weighted by Gasteiger charge is 2.21. The molecule has 0 saturated carbocycles. The summed E-state index contributed by atoms with van der Waals surface area (Å²) >= 11 is 0. The van der Waals surface area contributed by atoms with Crippen molar-refractivity contribution in [3.05, 3.63) is 47.5 Å². The molecule has 2 rings (SSSR count). The van der Waals surface area contributed by atoms with Crippen molar-refractivity contribution in [2.45, 2.75) is 54.1 Å². The van der Waals surface area contributed by atoms with Gasteiger partial charge >= 0.3 is 30.0 Å². The number of benzene rings is 2. The van der Waals surface area contributed by atoms with Gasteiger partial charge in [0.25, 0.3) is 11.8 Å². The first-order valence-electron chi connectivity index (χ1n) is 14.2. The first-order valence-corrected chi connectivity index (χ1v) is 14.2. The van der Waals surface area contributed by atoms with Gasteiger partial charge in [-0.15, -0.1) is 0 Å². The van der Waals surface area contributed by atoms with E-state index in [1.807, 2.05) is 0 Å². The molecule has 0 fully saturated rings. The Morgan fingerprint density at radius 1 is 0.596 bits per heavy atom. The van der Waals surface area contributed by atoms with Gasteiger partial charge in [-0.25, -0.2) is 4.79 Å². The molecular weight excluding hydrogens is 620 g/mol. The number of nitrogens with one attached hydrogen (secondary N) is 3. The Bertz CT molecular complexity index is 1470. The lowest BCUT2D eigenvalue weighted by atomic mass is 10.1. The molecule has 16 heteroatoms. The van der Waals surface area contributed by atoms with E-state index in [-0.39, 0.29) is 60.3 Å². The van der Waals surface area contributed by atoms with Gasteiger partial charge in [0, 0.05) is 53.9 Å². The summed E-state index contributed by atoms with van der Waals surface area (Å²) < 4.78 is 25.0. The smallest absolute Gasteiger partial charge is 0.407 e. The molecule has 0 radical (unpaired) electrons. The number of amides is 3. The third-order valence-electron chi connectivity index (χ3n) is 4.95. The maximum absolute atomic E-state index is 12.4. The normalized spacial score (nSPS) is 10.2. The van der Waals surface area contributed by atoms with Crippen LogP contribution in [-0.4, -0.2) is 73.6 Å². The van der Waals surface area contributed by atoms with Gasteiger partial charge in [-0.1, -0.05) is 12.1 Å². The van der Waals surface area contributed by atoms with Crippen LogP contribution in [0.2, 0.25) is 0 Å². The van der Waals surface area contributed by atoms with E-state index in [2.05, 4.69) is 16.0 Å². The first kappa shape index (κ1) is 39.5. The predicted octanol–water partition coefficient (Wildman–Crippen LogP) is 2.02. The molecule has 0 unspecified atom stereocenters. The number of nitrogens with two attached hydrogens (primary N) is 1. The molecule has 0 aliphatic heterocycles. The van der Waals surface area contributed by atoms with E-state index in [1.165, 1.54) is 57.2 Å². The second kappa shape index (κ2) is 19.1. The first-order chi connectivity index (χ1) is 21.9. The Balaban J connectivity index is 0.000000491. The highest BCUT2D eigenvalue weighted by Crippen LogP contribution is 2.32. The Hall–Kier alpha value is -5.51. The zero-order valence-electron chi connectivity index (χ0n) is 27.3. The topological polar surface area (TPSA) is 228 Å². The van der Waals surface area contributed by atoms with Crippen molar-refractivity contribution in [1.82, 2.24) is 16.0 Å². The quantitative estimate of drug-likeness (QED) is 0.154. The molecule has 3 amide bonds. The van der Waals surface area contributed by atoms with Gasteiger partial charge < -0.3 is 45.4 Å². The van der Waals surface area contributed by atoms with Crippen molar-refractivity contribution < 1.29 is 57.2 Å². The van der Waals surface area contributed by atoms with Crippen LogP contribution < -0.4 is 40.6 Å². The van der Waals surface area contributed by atoms with Crippen LogP contribution >= 0.6 is 0 Å². The predicted molar refractivity (Wildman–Crippen MR) is 166 cm³/mol. The standard InChI is InChI=1S/C18H24N2O7.C13H16N2O5/c1-11(21)25-14-8-6-7-13(15(14)26-12(2)22)16(23)19-9-10-20-17(24)27-18(3,4)5;1-8(16)19-11-5-3-4-10(12(11)20-9(2)17)13(18)15-7-6-14/h6-8H,9-10H2,1-5H3,(H,19,23)(H,20,24);3-5H,6-7,14H2,1-2H3,(H,15,18). The molecule has 0 bridgehead atoms. The number of ether oxygens (including phenoxy) is 5. The van der Waals surface area contributed by atoms with Crippen molar-refractivity contribution in [2.24, 2.45) is 5.73 Å². The molecule has 0 heterocycles. The molecule has 0 atom stereocenters. The minimum absolute atomic E-state index is 0.00750. The van der Waals surface area contributed by atoms with Crippen molar-refractivity contribution in [2.75, 3.05) is 26.2 Å². The summed E-state index contributed by atoms with van der Waals surface area (Å²) in [7, 11) is 0. The van der Waals surface area contributed by atoms with Gasteiger partial charge in [-0.3, -0.25) is 28.8 Å². The van der Waals surface area contributed by atoms with Gasteiger partial charge in [0.2, 0.25) is 0 Å². The summed E-state index contributed by atoms with van der Waals surface area (Å²) in [4.78, 5) is 80.5.